The number of imidazole rings is 1. The largest absolute Gasteiger partial charge is 0.453 e. The Labute approximate surface area is 195 Å². The highest BCUT2D eigenvalue weighted by molar-refractivity contribution is 7.18. The molecule has 0 N–H and O–H groups in total. The Morgan fingerprint density at radius 2 is 1.24 bits per heavy atom. The third-order valence-corrected chi connectivity index (χ3v) is 7.24. The second kappa shape index (κ2) is 7.19. The van der Waals surface area contributed by atoms with Gasteiger partial charge in [0.05, 0.1) is 11.2 Å². The number of thiophene rings is 1. The summed E-state index contributed by atoms with van der Waals surface area (Å²) in [5, 5.41) is 0. The molecule has 0 fully saturated rings. The lowest BCUT2D eigenvalue weighted by atomic mass is 10.1. The molecule has 6 aromatic rings. The number of rotatable bonds is 3. The molecule has 0 amide bonds. The molecule has 156 valence electrons. The van der Waals surface area contributed by atoms with Gasteiger partial charge in [0.15, 0.2) is 11.5 Å². The fourth-order valence-electron chi connectivity index (χ4n) is 4.49. The highest BCUT2D eigenvalue weighted by Gasteiger charge is 2.24. The fraction of sp³-hybridized carbons (Fsp3) is 0. The molecule has 33 heavy (non-hydrogen) atoms. The van der Waals surface area contributed by atoms with Gasteiger partial charge < -0.3 is 4.74 Å². The van der Waals surface area contributed by atoms with Crippen molar-refractivity contribution < 1.29 is 4.74 Å². The predicted octanol–water partition coefficient (Wildman–Crippen LogP) is 8.19. The van der Waals surface area contributed by atoms with Crippen molar-refractivity contribution in [2.45, 2.75) is 0 Å². The third kappa shape index (κ3) is 2.92. The maximum atomic E-state index is 6.15. The van der Waals surface area contributed by atoms with Crippen LogP contribution in [0.25, 0.3) is 49.0 Å². The van der Waals surface area contributed by atoms with Crippen molar-refractivity contribution in [3.63, 3.8) is 0 Å². The minimum atomic E-state index is 0.841. The van der Waals surface area contributed by atoms with Crippen LogP contribution in [0.5, 0.6) is 11.5 Å². The fourth-order valence-corrected chi connectivity index (χ4v) is 5.50. The molecule has 0 saturated carbocycles. The van der Waals surface area contributed by atoms with Crippen LogP contribution in [-0.2, 0) is 0 Å². The lowest BCUT2D eigenvalue weighted by Gasteiger charge is -2.20. The van der Waals surface area contributed by atoms with Crippen molar-refractivity contribution in [3.8, 4) is 49.5 Å². The van der Waals surface area contributed by atoms with E-state index >= 15 is 0 Å². The van der Waals surface area contributed by atoms with Crippen molar-refractivity contribution in [3.05, 3.63) is 109 Å². The van der Waals surface area contributed by atoms with E-state index in [1.54, 1.807) is 0 Å². The van der Waals surface area contributed by atoms with E-state index in [0.29, 0.717) is 0 Å². The average Bonchev–Trinajstić information content (AvgIpc) is 3.52. The Morgan fingerprint density at radius 3 is 2.06 bits per heavy atom. The first-order valence-corrected chi connectivity index (χ1v) is 11.7. The molecule has 0 bridgehead atoms. The first-order chi connectivity index (χ1) is 16.3. The van der Waals surface area contributed by atoms with E-state index in [9.17, 15) is 0 Å². The maximum Gasteiger partial charge on any atom is 0.153 e. The van der Waals surface area contributed by atoms with E-state index < -0.39 is 0 Å². The minimum absolute atomic E-state index is 0.841. The molecule has 4 heteroatoms. The van der Waals surface area contributed by atoms with Crippen LogP contribution in [0.3, 0.4) is 0 Å². The summed E-state index contributed by atoms with van der Waals surface area (Å²) in [6.45, 7) is 0. The summed E-state index contributed by atoms with van der Waals surface area (Å²) in [6.07, 6.45) is 0. The number of para-hydroxylation sites is 3. The molecule has 0 atom stereocenters. The molecule has 0 aliphatic carbocycles. The van der Waals surface area contributed by atoms with Gasteiger partial charge in [-0.05, 0) is 47.5 Å². The van der Waals surface area contributed by atoms with Crippen LogP contribution in [0, 0.1) is 0 Å². The van der Waals surface area contributed by atoms with E-state index in [-0.39, 0.29) is 0 Å². The Bertz CT molecular complexity index is 1630. The minimum Gasteiger partial charge on any atom is -0.453 e. The number of benzene rings is 4. The Morgan fingerprint density at radius 1 is 0.576 bits per heavy atom. The Balaban J connectivity index is 1.32. The summed E-state index contributed by atoms with van der Waals surface area (Å²) in [5.41, 5.74) is 6.52. The summed E-state index contributed by atoms with van der Waals surface area (Å²) >= 11 is 1.82. The topological polar surface area (TPSA) is 27.1 Å². The van der Waals surface area contributed by atoms with Gasteiger partial charge in [-0.2, -0.15) is 0 Å². The second-order valence-corrected chi connectivity index (χ2v) is 9.16. The zero-order valence-electron chi connectivity index (χ0n) is 17.6. The summed E-state index contributed by atoms with van der Waals surface area (Å²) in [4.78, 5) is 7.53. The molecule has 2 aromatic heterocycles. The maximum absolute atomic E-state index is 6.15. The first kappa shape index (κ1) is 18.4. The van der Waals surface area contributed by atoms with Crippen molar-refractivity contribution in [1.29, 1.82) is 0 Å². The number of nitrogens with zero attached hydrogens (tertiary/aromatic N) is 2. The Hall–Kier alpha value is -4.15. The van der Waals surface area contributed by atoms with Gasteiger partial charge in [0.1, 0.15) is 11.3 Å². The number of aromatic nitrogens is 2. The van der Waals surface area contributed by atoms with Gasteiger partial charge in [-0.1, -0.05) is 72.8 Å². The number of hydrogen-bond donors (Lipinski definition) is 0. The van der Waals surface area contributed by atoms with Gasteiger partial charge in [-0.25, -0.2) is 4.98 Å². The molecule has 1 aliphatic heterocycles. The molecule has 0 saturated heterocycles. The number of hydrogen-bond acceptors (Lipinski definition) is 3. The van der Waals surface area contributed by atoms with Crippen LogP contribution >= 0.6 is 11.3 Å². The van der Waals surface area contributed by atoms with Gasteiger partial charge >= 0.3 is 0 Å². The first-order valence-electron chi connectivity index (χ1n) is 10.9. The highest BCUT2D eigenvalue weighted by atomic mass is 32.1. The number of ether oxygens (including phenoxy) is 1. The quantitative estimate of drug-likeness (QED) is 0.276. The summed E-state index contributed by atoms with van der Waals surface area (Å²) in [7, 11) is 0. The average molecular weight is 443 g/mol. The zero-order valence-corrected chi connectivity index (χ0v) is 18.4. The standard InChI is InChI=1S/C29H18N2OS/c1-2-7-19(8-3-1)26-17-18-27(33-26)20-13-15-21(16-14-20)29-30-22-9-6-12-25-28(22)31(29)23-10-4-5-11-24(23)32-25/h1-18H. The zero-order chi connectivity index (χ0) is 21.8. The molecule has 1 aliphatic rings. The van der Waals surface area contributed by atoms with Crippen LogP contribution in [0.2, 0.25) is 0 Å². The van der Waals surface area contributed by atoms with Crippen LogP contribution in [0.4, 0.5) is 0 Å². The van der Waals surface area contributed by atoms with Crippen LogP contribution in [0.1, 0.15) is 0 Å². The molecule has 4 aromatic carbocycles. The van der Waals surface area contributed by atoms with E-state index in [1.807, 2.05) is 47.7 Å². The van der Waals surface area contributed by atoms with Crippen molar-refractivity contribution in [2.75, 3.05) is 0 Å². The SMILES string of the molecule is c1ccc(-c2ccc(-c3ccc(-c4nc5cccc6c5n4-c4ccccc4O6)cc3)s2)cc1. The van der Waals surface area contributed by atoms with Gasteiger partial charge in [0, 0.05) is 15.3 Å². The van der Waals surface area contributed by atoms with Crippen LogP contribution in [-0.4, -0.2) is 9.55 Å². The molecular formula is C29H18N2OS. The van der Waals surface area contributed by atoms with E-state index in [0.717, 1.165) is 39.6 Å². The van der Waals surface area contributed by atoms with Gasteiger partial charge in [0.25, 0.3) is 0 Å². The van der Waals surface area contributed by atoms with Gasteiger partial charge in [-0.3, -0.25) is 4.57 Å². The predicted molar refractivity (Wildman–Crippen MR) is 135 cm³/mol. The molecule has 3 heterocycles. The van der Waals surface area contributed by atoms with Crippen LogP contribution in [0.15, 0.2) is 109 Å². The lowest BCUT2D eigenvalue weighted by molar-refractivity contribution is 0.476. The molecule has 0 radical (unpaired) electrons. The van der Waals surface area contributed by atoms with Crippen molar-refractivity contribution in [2.24, 2.45) is 0 Å². The summed E-state index contributed by atoms with van der Waals surface area (Å²) in [6, 6.07) is 37.8. The number of fused-ring (bicyclic) bond motifs is 2. The molecule has 0 spiro atoms. The Kier molecular flexibility index (Phi) is 4.01. The third-order valence-electron chi connectivity index (χ3n) is 6.06. The van der Waals surface area contributed by atoms with Gasteiger partial charge in [-0.15, -0.1) is 11.3 Å². The summed E-state index contributed by atoms with van der Waals surface area (Å²) in [5.74, 6) is 2.62. The molecule has 7 rings (SSSR count). The molecular weight excluding hydrogens is 424 g/mol. The smallest absolute Gasteiger partial charge is 0.153 e. The van der Waals surface area contributed by atoms with Crippen molar-refractivity contribution >= 4 is 22.4 Å². The van der Waals surface area contributed by atoms with Gasteiger partial charge in [0.2, 0.25) is 0 Å². The normalized spacial score (nSPS) is 11.9. The lowest BCUT2D eigenvalue weighted by Crippen LogP contribution is -2.05. The van der Waals surface area contributed by atoms with E-state index in [4.69, 9.17) is 9.72 Å². The molecule has 3 nitrogen and oxygen atoms in total. The van der Waals surface area contributed by atoms with Crippen molar-refractivity contribution in [1.82, 2.24) is 9.55 Å². The molecule has 0 unspecified atom stereocenters. The van der Waals surface area contributed by atoms with Crippen LogP contribution < -0.4 is 4.74 Å². The summed E-state index contributed by atoms with van der Waals surface area (Å²) < 4.78 is 8.37. The second-order valence-electron chi connectivity index (χ2n) is 8.07. The van der Waals surface area contributed by atoms with E-state index in [2.05, 4.69) is 77.4 Å². The monoisotopic (exact) mass is 442 g/mol. The highest BCUT2D eigenvalue weighted by Crippen LogP contribution is 2.43. The van der Waals surface area contributed by atoms with E-state index in [1.165, 1.54) is 20.9 Å².